The number of thioether (sulfide) groups is 1. The van der Waals surface area contributed by atoms with Crippen molar-refractivity contribution >= 4 is 51.1 Å². The molecule has 1 saturated heterocycles. The highest BCUT2D eigenvalue weighted by molar-refractivity contribution is 8.33. The Bertz CT molecular complexity index is 453. The molecule has 1 fully saturated rings. The summed E-state index contributed by atoms with van der Waals surface area (Å²) >= 11 is 11.7. The molecule has 1 heterocycles. The minimum Gasteiger partial charge on any atom is -0.337 e. The van der Waals surface area contributed by atoms with Crippen LogP contribution in [0.15, 0.2) is 30.0 Å². The lowest BCUT2D eigenvalue weighted by molar-refractivity contribution is -0.107. The monoisotopic (exact) mass is 255 g/mol. The Labute approximate surface area is 102 Å². The van der Waals surface area contributed by atoms with E-state index >= 15 is 0 Å². The molecule has 0 bridgehead atoms. The van der Waals surface area contributed by atoms with Crippen molar-refractivity contribution in [3.63, 3.8) is 0 Å². The van der Waals surface area contributed by atoms with E-state index in [-0.39, 0.29) is 5.12 Å². The summed E-state index contributed by atoms with van der Waals surface area (Å²) in [7, 11) is 0. The standard InChI is InChI=1S/C10H6ClNOS2/c11-7-3-1-6(2-4-7)5-8-9(13)15-10(14)12-8/h1-5H,(H,12,14). The SMILES string of the molecule is O=C1SC(=S)NC1=Cc1ccc(Cl)cc1. The van der Waals surface area contributed by atoms with Crippen LogP contribution in [-0.4, -0.2) is 9.44 Å². The molecule has 1 aliphatic rings. The van der Waals surface area contributed by atoms with Crippen molar-refractivity contribution in [1.82, 2.24) is 5.32 Å². The first-order valence-electron chi connectivity index (χ1n) is 4.15. The first kappa shape index (κ1) is 10.7. The highest BCUT2D eigenvalue weighted by Gasteiger charge is 2.21. The maximum Gasteiger partial charge on any atom is 0.242 e. The summed E-state index contributed by atoms with van der Waals surface area (Å²) in [4.78, 5) is 11.4. The van der Waals surface area contributed by atoms with Gasteiger partial charge in [0.05, 0.1) is 5.70 Å². The topological polar surface area (TPSA) is 29.1 Å². The van der Waals surface area contributed by atoms with Crippen LogP contribution < -0.4 is 5.32 Å². The van der Waals surface area contributed by atoms with Crippen LogP contribution in [0.3, 0.4) is 0 Å². The fraction of sp³-hybridized carbons (Fsp3) is 0. The second-order valence-corrected chi connectivity index (χ2v) is 5.00. The van der Waals surface area contributed by atoms with Gasteiger partial charge in [0.1, 0.15) is 4.32 Å². The fourth-order valence-electron chi connectivity index (χ4n) is 1.15. The van der Waals surface area contributed by atoms with Gasteiger partial charge < -0.3 is 5.32 Å². The van der Waals surface area contributed by atoms with Crippen LogP contribution in [0.5, 0.6) is 0 Å². The largest absolute Gasteiger partial charge is 0.337 e. The van der Waals surface area contributed by atoms with Gasteiger partial charge in [-0.15, -0.1) is 0 Å². The van der Waals surface area contributed by atoms with Gasteiger partial charge >= 0.3 is 0 Å². The van der Waals surface area contributed by atoms with Gasteiger partial charge in [0, 0.05) is 5.02 Å². The van der Waals surface area contributed by atoms with E-state index in [4.69, 9.17) is 23.8 Å². The van der Waals surface area contributed by atoms with E-state index < -0.39 is 0 Å². The number of rotatable bonds is 1. The van der Waals surface area contributed by atoms with E-state index in [1.165, 1.54) is 0 Å². The van der Waals surface area contributed by atoms with Crippen LogP contribution in [0.25, 0.3) is 6.08 Å². The van der Waals surface area contributed by atoms with E-state index in [0.717, 1.165) is 17.3 Å². The second-order valence-electron chi connectivity index (χ2n) is 2.91. The number of carbonyl (C=O) groups excluding carboxylic acids is 1. The minimum atomic E-state index is -0.0463. The number of thiocarbonyl (C=S) groups is 1. The molecule has 0 radical (unpaired) electrons. The molecule has 1 aliphatic heterocycles. The summed E-state index contributed by atoms with van der Waals surface area (Å²) in [5.74, 6) is 0. The normalized spacial score (nSPS) is 18.3. The molecule has 15 heavy (non-hydrogen) atoms. The summed E-state index contributed by atoms with van der Waals surface area (Å²) in [5, 5.41) is 3.47. The first-order chi connectivity index (χ1) is 7.15. The molecule has 1 N–H and O–H groups in total. The van der Waals surface area contributed by atoms with Crippen molar-refractivity contribution in [3.05, 3.63) is 40.5 Å². The van der Waals surface area contributed by atoms with Crippen molar-refractivity contribution < 1.29 is 4.79 Å². The summed E-state index contributed by atoms with van der Waals surface area (Å²) in [5.41, 5.74) is 1.44. The molecule has 2 rings (SSSR count). The smallest absolute Gasteiger partial charge is 0.242 e. The van der Waals surface area contributed by atoms with E-state index in [2.05, 4.69) is 5.32 Å². The Morgan fingerprint density at radius 2 is 2.00 bits per heavy atom. The highest BCUT2D eigenvalue weighted by Crippen LogP contribution is 2.21. The number of benzene rings is 1. The molecule has 76 valence electrons. The molecule has 0 unspecified atom stereocenters. The fourth-order valence-corrected chi connectivity index (χ4v) is 2.16. The van der Waals surface area contributed by atoms with Crippen LogP contribution >= 0.6 is 35.6 Å². The van der Waals surface area contributed by atoms with Gasteiger partial charge in [-0.2, -0.15) is 0 Å². The maximum atomic E-state index is 11.4. The van der Waals surface area contributed by atoms with Gasteiger partial charge in [0.25, 0.3) is 0 Å². The summed E-state index contributed by atoms with van der Waals surface area (Å²) in [6.07, 6.45) is 1.75. The van der Waals surface area contributed by atoms with Crippen LogP contribution in [0, 0.1) is 0 Å². The molecular weight excluding hydrogens is 250 g/mol. The zero-order chi connectivity index (χ0) is 10.8. The third-order valence-electron chi connectivity index (χ3n) is 1.82. The molecular formula is C10H6ClNOS2. The van der Waals surface area contributed by atoms with E-state index in [1.54, 1.807) is 18.2 Å². The summed E-state index contributed by atoms with van der Waals surface area (Å²) in [6, 6.07) is 7.24. The predicted molar refractivity (Wildman–Crippen MR) is 67.8 cm³/mol. The van der Waals surface area contributed by atoms with Crippen molar-refractivity contribution in [1.29, 1.82) is 0 Å². The first-order valence-corrected chi connectivity index (χ1v) is 5.76. The third kappa shape index (κ3) is 2.59. The number of halogens is 1. The number of hydrogen-bond acceptors (Lipinski definition) is 3. The van der Waals surface area contributed by atoms with Gasteiger partial charge in [0.2, 0.25) is 5.12 Å². The van der Waals surface area contributed by atoms with Crippen LogP contribution in [0.2, 0.25) is 5.02 Å². The lowest BCUT2D eigenvalue weighted by Gasteiger charge is -1.96. The summed E-state index contributed by atoms with van der Waals surface area (Å²) < 4.78 is 0.500. The molecule has 0 amide bonds. The number of hydrogen-bond donors (Lipinski definition) is 1. The van der Waals surface area contributed by atoms with E-state index in [9.17, 15) is 4.79 Å². The molecule has 0 aliphatic carbocycles. The predicted octanol–water partition coefficient (Wildman–Crippen LogP) is 2.83. The molecule has 1 aromatic rings. The molecule has 5 heteroatoms. The lowest BCUT2D eigenvalue weighted by atomic mass is 10.2. The Balaban J connectivity index is 2.27. The molecule has 0 saturated carbocycles. The van der Waals surface area contributed by atoms with Gasteiger partial charge in [-0.05, 0) is 35.5 Å². The Hall–Kier alpha value is -0.840. The van der Waals surface area contributed by atoms with Gasteiger partial charge in [0.15, 0.2) is 0 Å². The van der Waals surface area contributed by atoms with Crippen LogP contribution in [0.1, 0.15) is 5.56 Å². The van der Waals surface area contributed by atoms with E-state index in [1.807, 2.05) is 12.1 Å². The van der Waals surface area contributed by atoms with Gasteiger partial charge in [-0.25, -0.2) is 0 Å². The van der Waals surface area contributed by atoms with Gasteiger partial charge in [-0.1, -0.05) is 36.0 Å². The number of nitrogens with one attached hydrogen (secondary N) is 1. The average Bonchev–Trinajstić information content (AvgIpc) is 2.49. The van der Waals surface area contributed by atoms with Crippen molar-refractivity contribution in [2.45, 2.75) is 0 Å². The van der Waals surface area contributed by atoms with Gasteiger partial charge in [-0.3, -0.25) is 4.79 Å². The van der Waals surface area contributed by atoms with Crippen LogP contribution in [-0.2, 0) is 4.79 Å². The number of carbonyl (C=O) groups is 1. The molecule has 0 aromatic heterocycles. The Kier molecular flexibility index (Phi) is 3.09. The Morgan fingerprint density at radius 3 is 2.53 bits per heavy atom. The zero-order valence-corrected chi connectivity index (χ0v) is 9.88. The quantitative estimate of drug-likeness (QED) is 0.617. The molecule has 2 nitrogen and oxygen atoms in total. The molecule has 0 atom stereocenters. The van der Waals surface area contributed by atoms with Crippen molar-refractivity contribution in [2.75, 3.05) is 0 Å². The molecule has 1 aromatic carbocycles. The average molecular weight is 256 g/mol. The zero-order valence-electron chi connectivity index (χ0n) is 7.49. The van der Waals surface area contributed by atoms with Crippen LogP contribution in [0.4, 0.5) is 0 Å². The Morgan fingerprint density at radius 1 is 1.33 bits per heavy atom. The van der Waals surface area contributed by atoms with E-state index in [0.29, 0.717) is 15.0 Å². The van der Waals surface area contributed by atoms with Crippen molar-refractivity contribution in [3.8, 4) is 0 Å². The lowest BCUT2D eigenvalue weighted by Crippen LogP contribution is -2.09. The highest BCUT2D eigenvalue weighted by atomic mass is 35.5. The summed E-state index contributed by atoms with van der Waals surface area (Å²) in [6.45, 7) is 0. The maximum absolute atomic E-state index is 11.4. The second kappa shape index (κ2) is 4.35. The molecule has 0 spiro atoms. The third-order valence-corrected chi connectivity index (χ3v) is 3.12. The minimum absolute atomic E-state index is 0.0463. The van der Waals surface area contributed by atoms with Crippen molar-refractivity contribution in [2.24, 2.45) is 0 Å².